The van der Waals surface area contributed by atoms with Crippen molar-refractivity contribution in [1.29, 1.82) is 0 Å². The molecule has 4 nitrogen and oxygen atoms in total. The standard InChI is InChI=1S/C10H6BrNO3S/c11-7-2-1-3-12-9(7)15-6-4-8(10(13)14)16-5-6/h1-5H,(H,13,14). The van der Waals surface area contributed by atoms with Crippen LogP contribution >= 0.6 is 27.3 Å². The minimum absolute atomic E-state index is 0.238. The molecule has 0 bridgehead atoms. The van der Waals surface area contributed by atoms with Gasteiger partial charge in [-0.05, 0) is 28.1 Å². The van der Waals surface area contributed by atoms with E-state index in [1.807, 2.05) is 0 Å². The maximum absolute atomic E-state index is 10.7. The fraction of sp³-hybridized carbons (Fsp3) is 0. The Bertz CT molecular complexity index is 526. The Morgan fingerprint density at radius 1 is 1.56 bits per heavy atom. The molecule has 0 aliphatic rings. The van der Waals surface area contributed by atoms with Gasteiger partial charge in [-0.1, -0.05) is 0 Å². The van der Waals surface area contributed by atoms with Crippen LogP contribution < -0.4 is 4.74 Å². The summed E-state index contributed by atoms with van der Waals surface area (Å²) < 4.78 is 6.15. The number of pyridine rings is 1. The van der Waals surface area contributed by atoms with Crippen molar-refractivity contribution in [3.8, 4) is 11.6 Å². The number of aromatic carboxylic acids is 1. The van der Waals surface area contributed by atoms with Crippen LogP contribution in [0.3, 0.4) is 0 Å². The van der Waals surface area contributed by atoms with E-state index in [0.717, 1.165) is 15.8 Å². The van der Waals surface area contributed by atoms with Gasteiger partial charge < -0.3 is 9.84 Å². The van der Waals surface area contributed by atoms with Crippen molar-refractivity contribution in [3.05, 3.63) is 39.1 Å². The van der Waals surface area contributed by atoms with Crippen molar-refractivity contribution in [3.63, 3.8) is 0 Å². The number of hydrogen-bond donors (Lipinski definition) is 1. The fourth-order valence-electron chi connectivity index (χ4n) is 1.04. The lowest BCUT2D eigenvalue weighted by Gasteiger charge is -2.02. The van der Waals surface area contributed by atoms with Crippen molar-refractivity contribution in [1.82, 2.24) is 4.98 Å². The van der Waals surface area contributed by atoms with Crippen molar-refractivity contribution in [2.75, 3.05) is 0 Å². The molecule has 6 heteroatoms. The van der Waals surface area contributed by atoms with Gasteiger partial charge in [-0.2, -0.15) is 0 Å². The topological polar surface area (TPSA) is 59.4 Å². The first-order valence-electron chi connectivity index (χ1n) is 4.27. The number of nitrogens with zero attached hydrogens (tertiary/aromatic N) is 1. The molecule has 2 aromatic rings. The van der Waals surface area contributed by atoms with Crippen molar-refractivity contribution < 1.29 is 14.6 Å². The van der Waals surface area contributed by atoms with Crippen molar-refractivity contribution in [2.24, 2.45) is 0 Å². The summed E-state index contributed by atoms with van der Waals surface area (Å²) in [4.78, 5) is 14.9. The molecule has 1 N–H and O–H groups in total. The van der Waals surface area contributed by atoms with E-state index >= 15 is 0 Å². The van der Waals surface area contributed by atoms with Crippen LogP contribution in [-0.4, -0.2) is 16.1 Å². The first-order valence-corrected chi connectivity index (χ1v) is 5.94. The average molecular weight is 300 g/mol. The Labute approximate surface area is 104 Å². The van der Waals surface area contributed by atoms with Gasteiger partial charge in [0.05, 0.1) is 4.47 Å². The normalized spacial score (nSPS) is 10.1. The van der Waals surface area contributed by atoms with E-state index < -0.39 is 5.97 Å². The van der Waals surface area contributed by atoms with Gasteiger partial charge in [0.1, 0.15) is 10.6 Å². The molecule has 0 saturated heterocycles. The Morgan fingerprint density at radius 2 is 2.38 bits per heavy atom. The summed E-state index contributed by atoms with van der Waals surface area (Å²) in [6.45, 7) is 0. The Hall–Kier alpha value is -1.40. The van der Waals surface area contributed by atoms with Gasteiger partial charge in [-0.15, -0.1) is 11.3 Å². The molecule has 2 aromatic heterocycles. The van der Waals surface area contributed by atoms with Gasteiger partial charge in [0, 0.05) is 17.6 Å². The molecule has 16 heavy (non-hydrogen) atoms. The Kier molecular flexibility index (Phi) is 3.21. The number of thiophene rings is 1. The molecule has 2 rings (SSSR count). The lowest BCUT2D eigenvalue weighted by atomic mass is 10.4. The lowest BCUT2D eigenvalue weighted by Crippen LogP contribution is -1.91. The van der Waals surface area contributed by atoms with Crippen LogP contribution in [0.4, 0.5) is 0 Å². The molecule has 0 amide bonds. The quantitative estimate of drug-likeness (QED) is 0.944. The van der Waals surface area contributed by atoms with E-state index in [4.69, 9.17) is 9.84 Å². The smallest absolute Gasteiger partial charge is 0.346 e. The van der Waals surface area contributed by atoms with Crippen LogP contribution in [0.25, 0.3) is 0 Å². The second-order valence-corrected chi connectivity index (χ2v) is 4.61. The van der Waals surface area contributed by atoms with Crippen molar-refractivity contribution in [2.45, 2.75) is 0 Å². The predicted molar refractivity (Wildman–Crippen MR) is 63.3 cm³/mol. The summed E-state index contributed by atoms with van der Waals surface area (Å²) >= 11 is 4.40. The maximum Gasteiger partial charge on any atom is 0.346 e. The highest BCUT2D eigenvalue weighted by atomic mass is 79.9. The molecule has 2 heterocycles. The average Bonchev–Trinajstić information content (AvgIpc) is 2.70. The number of carbonyl (C=O) groups is 1. The van der Waals surface area contributed by atoms with Gasteiger partial charge in [0.15, 0.2) is 0 Å². The van der Waals surface area contributed by atoms with Gasteiger partial charge in [-0.25, -0.2) is 9.78 Å². The number of hydrogen-bond acceptors (Lipinski definition) is 4. The third kappa shape index (κ3) is 2.40. The second kappa shape index (κ2) is 4.63. The minimum Gasteiger partial charge on any atom is -0.477 e. The number of aromatic nitrogens is 1. The van der Waals surface area contributed by atoms with E-state index in [1.54, 1.807) is 23.7 Å². The van der Waals surface area contributed by atoms with Crippen LogP contribution in [0.15, 0.2) is 34.2 Å². The SMILES string of the molecule is O=C(O)c1cc(Oc2ncccc2Br)cs1. The molecule has 82 valence electrons. The zero-order valence-electron chi connectivity index (χ0n) is 7.88. The highest BCUT2D eigenvalue weighted by Gasteiger charge is 2.09. The zero-order chi connectivity index (χ0) is 11.5. The highest BCUT2D eigenvalue weighted by molar-refractivity contribution is 9.10. The molecular formula is C10H6BrNO3S. The molecule has 0 atom stereocenters. The second-order valence-electron chi connectivity index (χ2n) is 2.84. The zero-order valence-corrected chi connectivity index (χ0v) is 10.3. The van der Waals surface area contributed by atoms with Crippen LogP contribution in [-0.2, 0) is 0 Å². The maximum atomic E-state index is 10.7. The van der Waals surface area contributed by atoms with E-state index in [9.17, 15) is 4.79 Å². The van der Waals surface area contributed by atoms with E-state index in [1.165, 1.54) is 6.07 Å². The molecule has 0 aliphatic carbocycles. The van der Waals surface area contributed by atoms with Crippen LogP contribution in [0.1, 0.15) is 9.67 Å². The summed E-state index contributed by atoms with van der Waals surface area (Å²) in [6.07, 6.45) is 1.60. The molecule has 0 saturated carbocycles. The number of carboxylic acids is 1. The predicted octanol–water partition coefficient (Wildman–Crippen LogP) is 3.40. The number of rotatable bonds is 3. The van der Waals surface area contributed by atoms with Crippen LogP contribution in [0, 0.1) is 0 Å². The van der Waals surface area contributed by atoms with E-state index in [0.29, 0.717) is 11.6 Å². The third-order valence-corrected chi connectivity index (χ3v) is 3.23. The van der Waals surface area contributed by atoms with Crippen LogP contribution in [0.2, 0.25) is 0 Å². The first kappa shape index (κ1) is 11.1. The monoisotopic (exact) mass is 299 g/mol. The Balaban J connectivity index is 2.21. The first-order chi connectivity index (χ1) is 7.66. The molecule has 0 fully saturated rings. The number of ether oxygens (including phenoxy) is 1. The summed E-state index contributed by atoms with van der Waals surface area (Å²) in [6, 6.07) is 5.04. The molecule has 0 radical (unpaired) electrons. The van der Waals surface area contributed by atoms with Gasteiger partial charge in [0.25, 0.3) is 0 Å². The van der Waals surface area contributed by atoms with Gasteiger partial charge in [-0.3, -0.25) is 0 Å². The molecule has 0 unspecified atom stereocenters. The summed E-state index contributed by atoms with van der Waals surface area (Å²) in [5.41, 5.74) is 0. The molecule has 0 spiro atoms. The minimum atomic E-state index is -0.958. The molecule has 0 aromatic carbocycles. The van der Waals surface area contributed by atoms with Crippen molar-refractivity contribution >= 4 is 33.2 Å². The highest BCUT2D eigenvalue weighted by Crippen LogP contribution is 2.29. The molecular weight excluding hydrogens is 294 g/mol. The number of halogens is 1. The Morgan fingerprint density at radius 3 is 3.00 bits per heavy atom. The lowest BCUT2D eigenvalue weighted by molar-refractivity contribution is 0.0702. The van der Waals surface area contributed by atoms with E-state index in [-0.39, 0.29) is 4.88 Å². The largest absolute Gasteiger partial charge is 0.477 e. The summed E-state index contributed by atoms with van der Waals surface area (Å²) in [5.74, 6) is -0.0704. The third-order valence-electron chi connectivity index (χ3n) is 1.73. The van der Waals surface area contributed by atoms with E-state index in [2.05, 4.69) is 20.9 Å². The number of carboxylic acid groups (broad SMARTS) is 1. The van der Waals surface area contributed by atoms with Gasteiger partial charge in [0.2, 0.25) is 5.88 Å². The van der Waals surface area contributed by atoms with Crippen LogP contribution in [0.5, 0.6) is 11.6 Å². The summed E-state index contributed by atoms with van der Waals surface area (Å²) in [5, 5.41) is 10.4. The molecule has 0 aliphatic heterocycles. The van der Waals surface area contributed by atoms with Gasteiger partial charge >= 0.3 is 5.97 Å². The summed E-state index contributed by atoms with van der Waals surface area (Å²) in [7, 11) is 0. The fourth-order valence-corrected chi connectivity index (χ4v) is 2.02.